The zero-order valence-corrected chi connectivity index (χ0v) is 17.0. The Hall–Kier alpha value is -3.35. The van der Waals surface area contributed by atoms with Crippen LogP contribution >= 0.6 is 0 Å². The van der Waals surface area contributed by atoms with E-state index in [9.17, 15) is 4.79 Å². The molecule has 0 saturated carbocycles. The van der Waals surface area contributed by atoms with E-state index >= 15 is 0 Å². The zero-order chi connectivity index (χ0) is 20.8. The summed E-state index contributed by atoms with van der Waals surface area (Å²) in [4.78, 5) is 12.6. The Balaban J connectivity index is 1.69. The summed E-state index contributed by atoms with van der Waals surface area (Å²) >= 11 is 0. The number of hydrogen-bond donors (Lipinski definition) is 1. The summed E-state index contributed by atoms with van der Waals surface area (Å²) in [5, 5.41) is 10.5. The maximum Gasteiger partial charge on any atom is 0.256 e. The first-order valence-corrected chi connectivity index (χ1v) is 9.56. The van der Waals surface area contributed by atoms with Crippen molar-refractivity contribution in [3.63, 3.8) is 0 Å². The van der Waals surface area contributed by atoms with Crippen molar-refractivity contribution in [1.82, 2.24) is 10.3 Å². The lowest BCUT2D eigenvalue weighted by Gasteiger charge is -2.10. The Morgan fingerprint density at radius 3 is 2.24 bits per heavy atom. The molecular formula is C22H25N3O4. The summed E-state index contributed by atoms with van der Waals surface area (Å²) in [6, 6.07) is 14.3. The van der Waals surface area contributed by atoms with E-state index in [1.807, 2.05) is 38.1 Å². The maximum absolute atomic E-state index is 12.6. The van der Waals surface area contributed by atoms with Crippen molar-refractivity contribution in [2.24, 2.45) is 5.92 Å². The van der Waals surface area contributed by atoms with Gasteiger partial charge >= 0.3 is 0 Å². The number of benzene rings is 2. The molecule has 0 radical (unpaired) electrons. The highest BCUT2D eigenvalue weighted by Crippen LogP contribution is 2.27. The highest BCUT2D eigenvalue weighted by atomic mass is 16.6. The van der Waals surface area contributed by atoms with E-state index in [-0.39, 0.29) is 17.8 Å². The van der Waals surface area contributed by atoms with Crippen LogP contribution in [0.3, 0.4) is 0 Å². The van der Waals surface area contributed by atoms with Gasteiger partial charge in [0.1, 0.15) is 11.5 Å². The molecule has 0 spiro atoms. The van der Waals surface area contributed by atoms with Crippen molar-refractivity contribution in [1.29, 1.82) is 0 Å². The Kier molecular flexibility index (Phi) is 6.49. The summed E-state index contributed by atoms with van der Waals surface area (Å²) < 4.78 is 16.1. The SMILES string of the molecule is CC(C)COc1ccc(-c2nonc2NC(=O)c2ccc(OC(C)C)cc2)cc1. The minimum Gasteiger partial charge on any atom is -0.493 e. The molecule has 0 bridgehead atoms. The highest BCUT2D eigenvalue weighted by Gasteiger charge is 2.16. The third kappa shape index (κ3) is 5.57. The van der Waals surface area contributed by atoms with Gasteiger partial charge in [0.05, 0.1) is 12.7 Å². The van der Waals surface area contributed by atoms with Crippen LogP contribution in [-0.4, -0.2) is 28.9 Å². The molecule has 152 valence electrons. The van der Waals surface area contributed by atoms with Gasteiger partial charge in [-0.2, -0.15) is 0 Å². The number of anilines is 1. The van der Waals surface area contributed by atoms with Crippen LogP contribution in [0.1, 0.15) is 38.1 Å². The first-order chi connectivity index (χ1) is 13.9. The lowest BCUT2D eigenvalue weighted by molar-refractivity contribution is 0.102. The predicted octanol–water partition coefficient (Wildman–Crippen LogP) is 4.81. The number of hydrogen-bond acceptors (Lipinski definition) is 6. The van der Waals surface area contributed by atoms with Gasteiger partial charge < -0.3 is 14.8 Å². The van der Waals surface area contributed by atoms with Crippen molar-refractivity contribution < 1.29 is 18.9 Å². The number of nitrogens with zero attached hydrogens (tertiary/aromatic N) is 2. The summed E-state index contributed by atoms with van der Waals surface area (Å²) in [5.41, 5.74) is 1.69. The minimum absolute atomic E-state index is 0.0700. The third-order valence-electron chi connectivity index (χ3n) is 3.92. The number of ether oxygens (including phenoxy) is 2. The van der Waals surface area contributed by atoms with Gasteiger partial charge in [0.2, 0.25) is 5.82 Å². The molecule has 1 N–H and O–H groups in total. The first kappa shape index (κ1) is 20.4. The number of rotatable bonds is 8. The summed E-state index contributed by atoms with van der Waals surface area (Å²) in [6.07, 6.45) is 0.0700. The number of nitrogens with one attached hydrogen (secondary N) is 1. The molecule has 2 aromatic carbocycles. The second kappa shape index (κ2) is 9.23. The van der Waals surface area contributed by atoms with Crippen molar-refractivity contribution in [2.45, 2.75) is 33.8 Å². The average molecular weight is 395 g/mol. The van der Waals surface area contributed by atoms with Gasteiger partial charge in [0.15, 0.2) is 5.69 Å². The van der Waals surface area contributed by atoms with Gasteiger partial charge in [-0.25, -0.2) is 4.63 Å². The Labute approximate surface area is 170 Å². The van der Waals surface area contributed by atoms with Crippen LogP contribution in [0, 0.1) is 5.92 Å². The van der Waals surface area contributed by atoms with Crippen molar-refractivity contribution in [2.75, 3.05) is 11.9 Å². The van der Waals surface area contributed by atoms with Crippen LogP contribution in [0.15, 0.2) is 53.2 Å². The second-order valence-corrected chi connectivity index (χ2v) is 7.34. The van der Waals surface area contributed by atoms with Crippen LogP contribution in [-0.2, 0) is 0 Å². The van der Waals surface area contributed by atoms with Crippen LogP contribution in [0.2, 0.25) is 0 Å². The maximum atomic E-state index is 12.6. The summed E-state index contributed by atoms with van der Waals surface area (Å²) in [7, 11) is 0. The fourth-order valence-electron chi connectivity index (χ4n) is 2.57. The van der Waals surface area contributed by atoms with Gasteiger partial charge in [-0.1, -0.05) is 13.8 Å². The largest absolute Gasteiger partial charge is 0.493 e. The molecule has 3 aromatic rings. The minimum atomic E-state index is -0.310. The van der Waals surface area contributed by atoms with Gasteiger partial charge in [0.25, 0.3) is 5.91 Å². The van der Waals surface area contributed by atoms with Gasteiger partial charge in [-0.05, 0) is 78.6 Å². The average Bonchev–Trinajstić information content (AvgIpc) is 3.15. The molecule has 0 aliphatic heterocycles. The van der Waals surface area contributed by atoms with Crippen LogP contribution in [0.4, 0.5) is 5.82 Å². The standard InChI is InChI=1S/C22H25N3O4/c1-14(2)13-27-18-9-5-16(6-10-18)20-21(25-29-24-20)23-22(26)17-7-11-19(12-8-17)28-15(3)4/h5-12,14-15H,13H2,1-4H3,(H,23,25,26). The van der Waals surface area contributed by atoms with Crippen molar-refractivity contribution in [3.8, 4) is 22.8 Å². The molecule has 1 heterocycles. The van der Waals surface area contributed by atoms with Gasteiger partial charge in [-0.15, -0.1) is 0 Å². The lowest BCUT2D eigenvalue weighted by atomic mass is 10.1. The van der Waals surface area contributed by atoms with E-state index in [0.717, 1.165) is 11.3 Å². The van der Waals surface area contributed by atoms with E-state index in [0.29, 0.717) is 29.5 Å². The van der Waals surface area contributed by atoms with E-state index in [4.69, 9.17) is 14.1 Å². The predicted molar refractivity (Wildman–Crippen MR) is 110 cm³/mol. The lowest BCUT2D eigenvalue weighted by Crippen LogP contribution is -2.13. The molecular weight excluding hydrogens is 370 g/mol. The molecule has 0 saturated heterocycles. The molecule has 7 nitrogen and oxygen atoms in total. The van der Waals surface area contributed by atoms with Crippen molar-refractivity contribution >= 4 is 11.7 Å². The Bertz CT molecular complexity index is 931. The van der Waals surface area contributed by atoms with Gasteiger partial charge in [-0.3, -0.25) is 4.79 Å². The zero-order valence-electron chi connectivity index (χ0n) is 17.0. The number of aromatic nitrogens is 2. The normalized spacial score (nSPS) is 11.0. The number of amides is 1. The fourth-order valence-corrected chi connectivity index (χ4v) is 2.57. The number of carbonyl (C=O) groups excluding carboxylic acids is 1. The van der Waals surface area contributed by atoms with E-state index < -0.39 is 0 Å². The smallest absolute Gasteiger partial charge is 0.256 e. The molecule has 0 atom stereocenters. The van der Waals surface area contributed by atoms with E-state index in [1.54, 1.807) is 24.3 Å². The third-order valence-corrected chi connectivity index (χ3v) is 3.92. The number of carbonyl (C=O) groups is 1. The molecule has 29 heavy (non-hydrogen) atoms. The highest BCUT2D eigenvalue weighted by molar-refractivity contribution is 6.05. The topological polar surface area (TPSA) is 86.5 Å². The molecule has 1 amide bonds. The quantitative estimate of drug-likeness (QED) is 0.589. The van der Waals surface area contributed by atoms with E-state index in [1.165, 1.54) is 0 Å². The molecule has 0 unspecified atom stereocenters. The fraction of sp³-hybridized carbons (Fsp3) is 0.318. The van der Waals surface area contributed by atoms with Crippen LogP contribution in [0.5, 0.6) is 11.5 Å². The Morgan fingerprint density at radius 1 is 0.966 bits per heavy atom. The van der Waals surface area contributed by atoms with E-state index in [2.05, 4.69) is 29.5 Å². The van der Waals surface area contributed by atoms with Crippen LogP contribution < -0.4 is 14.8 Å². The van der Waals surface area contributed by atoms with Gasteiger partial charge in [0, 0.05) is 11.1 Å². The molecule has 1 aromatic heterocycles. The van der Waals surface area contributed by atoms with Crippen LogP contribution in [0.25, 0.3) is 11.3 Å². The molecule has 3 rings (SSSR count). The summed E-state index contributed by atoms with van der Waals surface area (Å²) in [6.45, 7) is 8.73. The summed E-state index contributed by atoms with van der Waals surface area (Å²) in [5.74, 6) is 1.87. The molecule has 0 aliphatic carbocycles. The Morgan fingerprint density at radius 2 is 1.62 bits per heavy atom. The second-order valence-electron chi connectivity index (χ2n) is 7.34. The monoisotopic (exact) mass is 395 g/mol. The molecule has 0 aliphatic rings. The molecule has 7 heteroatoms. The van der Waals surface area contributed by atoms with Crippen molar-refractivity contribution in [3.05, 3.63) is 54.1 Å². The molecule has 0 fully saturated rings. The first-order valence-electron chi connectivity index (χ1n) is 9.56.